The van der Waals surface area contributed by atoms with Crippen LogP contribution in [0.4, 0.5) is 17.6 Å². The molecule has 2 N–H and O–H groups in total. The van der Waals surface area contributed by atoms with Crippen LogP contribution in [0.1, 0.15) is 42.3 Å². The molecule has 1 aromatic heterocycles. The van der Waals surface area contributed by atoms with Gasteiger partial charge in [-0.05, 0) is 42.8 Å². The van der Waals surface area contributed by atoms with Gasteiger partial charge in [0, 0.05) is 24.1 Å². The van der Waals surface area contributed by atoms with Crippen molar-refractivity contribution >= 4 is 23.4 Å². The summed E-state index contributed by atoms with van der Waals surface area (Å²) in [4.78, 5) is 23.7. The highest BCUT2D eigenvalue weighted by Gasteiger charge is 2.35. The van der Waals surface area contributed by atoms with E-state index in [9.17, 15) is 27.2 Å². The fourth-order valence-corrected chi connectivity index (χ4v) is 3.38. The van der Waals surface area contributed by atoms with Gasteiger partial charge >= 0.3 is 6.18 Å². The van der Waals surface area contributed by atoms with Crippen LogP contribution in [-0.2, 0) is 28.9 Å². The summed E-state index contributed by atoms with van der Waals surface area (Å²) in [7, 11) is 0. The van der Waals surface area contributed by atoms with Crippen molar-refractivity contribution in [2.45, 2.75) is 39.0 Å². The van der Waals surface area contributed by atoms with Gasteiger partial charge in [0.15, 0.2) is 5.69 Å². The van der Waals surface area contributed by atoms with Crippen molar-refractivity contribution < 1.29 is 27.2 Å². The number of alkyl halides is 3. The molecular weight excluding hydrogens is 476 g/mol. The molecule has 3 rings (SSSR count). The average molecular weight is 497 g/mol. The fourth-order valence-electron chi connectivity index (χ4n) is 3.19. The number of aromatic nitrogens is 2. The molecule has 2 aromatic carbocycles. The van der Waals surface area contributed by atoms with E-state index in [1.54, 1.807) is 25.1 Å². The molecule has 2 amide bonds. The topological polar surface area (TPSA) is 76.0 Å². The highest BCUT2D eigenvalue weighted by molar-refractivity contribution is 6.30. The molecule has 0 saturated heterocycles. The van der Waals surface area contributed by atoms with Crippen LogP contribution in [0, 0.1) is 5.82 Å². The first-order valence-corrected chi connectivity index (χ1v) is 10.6. The maximum atomic E-state index is 14.4. The lowest BCUT2D eigenvalue weighted by Gasteiger charge is -2.15. The summed E-state index contributed by atoms with van der Waals surface area (Å²) in [6.45, 7) is 2.63. The van der Waals surface area contributed by atoms with E-state index in [-0.39, 0.29) is 30.3 Å². The second kappa shape index (κ2) is 10.3. The van der Waals surface area contributed by atoms with Gasteiger partial charge in [-0.2, -0.15) is 18.3 Å². The molecule has 0 saturated carbocycles. The van der Waals surface area contributed by atoms with E-state index in [2.05, 4.69) is 15.7 Å². The van der Waals surface area contributed by atoms with E-state index in [0.29, 0.717) is 16.3 Å². The van der Waals surface area contributed by atoms with Crippen molar-refractivity contribution in [3.8, 4) is 5.69 Å². The standard InChI is InChI=1S/C23H21ClF4N4O2/c1-13(15-6-7-16(20(25)8-15)11-29-14(2)33)22(34)30-12-19-10-21(23(26,27)28)31-32(19)18-5-3-4-17(24)9-18/h3-10,13H,11-12H2,1-2H3,(H,29,33)(H,30,34). The molecule has 0 bridgehead atoms. The molecule has 0 radical (unpaired) electrons. The third-order valence-electron chi connectivity index (χ3n) is 5.07. The molecule has 11 heteroatoms. The summed E-state index contributed by atoms with van der Waals surface area (Å²) < 4.78 is 55.2. The Kier molecular flexibility index (Phi) is 7.61. The largest absolute Gasteiger partial charge is 0.435 e. The zero-order valence-corrected chi connectivity index (χ0v) is 19.0. The summed E-state index contributed by atoms with van der Waals surface area (Å²) in [6, 6.07) is 11.2. The smallest absolute Gasteiger partial charge is 0.352 e. The summed E-state index contributed by atoms with van der Waals surface area (Å²) >= 11 is 5.96. The first-order valence-electron chi connectivity index (χ1n) is 10.2. The Hall–Kier alpha value is -3.40. The van der Waals surface area contributed by atoms with Crippen LogP contribution < -0.4 is 10.6 Å². The minimum Gasteiger partial charge on any atom is -0.352 e. The lowest BCUT2D eigenvalue weighted by Crippen LogP contribution is -2.28. The molecule has 0 fully saturated rings. The van der Waals surface area contributed by atoms with Crippen molar-refractivity contribution in [3.63, 3.8) is 0 Å². The molecular formula is C23H21ClF4N4O2. The van der Waals surface area contributed by atoms with Crippen molar-refractivity contribution in [2.75, 3.05) is 0 Å². The zero-order valence-electron chi connectivity index (χ0n) is 18.2. The molecule has 6 nitrogen and oxygen atoms in total. The quantitative estimate of drug-likeness (QED) is 0.464. The van der Waals surface area contributed by atoms with Crippen molar-refractivity contribution in [3.05, 3.63) is 81.9 Å². The first-order chi connectivity index (χ1) is 16.0. The number of nitrogens with one attached hydrogen (secondary N) is 2. The van der Waals surface area contributed by atoms with Crippen LogP contribution in [0.2, 0.25) is 5.02 Å². The van der Waals surface area contributed by atoms with E-state index in [1.807, 2.05) is 0 Å². The predicted molar refractivity (Wildman–Crippen MR) is 118 cm³/mol. The van der Waals surface area contributed by atoms with Crippen LogP contribution in [-0.4, -0.2) is 21.6 Å². The maximum absolute atomic E-state index is 14.4. The third-order valence-corrected chi connectivity index (χ3v) is 5.30. The second-order valence-corrected chi connectivity index (χ2v) is 8.05. The number of halogens is 5. The van der Waals surface area contributed by atoms with Crippen molar-refractivity contribution in [1.29, 1.82) is 0 Å². The molecule has 1 unspecified atom stereocenters. The van der Waals surface area contributed by atoms with Gasteiger partial charge in [0.2, 0.25) is 11.8 Å². The van der Waals surface area contributed by atoms with E-state index in [1.165, 1.54) is 31.2 Å². The van der Waals surface area contributed by atoms with Gasteiger partial charge in [0.1, 0.15) is 5.82 Å². The third kappa shape index (κ3) is 6.13. The number of hydrogen-bond acceptors (Lipinski definition) is 3. The SMILES string of the molecule is CC(=O)NCc1ccc(C(C)C(=O)NCc2cc(C(F)(F)F)nn2-c2cccc(Cl)c2)cc1F. The van der Waals surface area contributed by atoms with Crippen LogP contribution in [0.5, 0.6) is 0 Å². The Bertz CT molecular complexity index is 1210. The number of hydrogen-bond donors (Lipinski definition) is 2. The first kappa shape index (κ1) is 25.2. The lowest BCUT2D eigenvalue weighted by molar-refractivity contribution is -0.141. The Labute approximate surface area is 197 Å². The average Bonchev–Trinajstić information content (AvgIpc) is 3.21. The highest BCUT2D eigenvalue weighted by Crippen LogP contribution is 2.30. The van der Waals surface area contributed by atoms with E-state index >= 15 is 0 Å². The molecule has 0 aliphatic carbocycles. The fraction of sp³-hybridized carbons (Fsp3) is 0.261. The van der Waals surface area contributed by atoms with Gasteiger partial charge in [-0.3, -0.25) is 9.59 Å². The van der Waals surface area contributed by atoms with Crippen LogP contribution in [0.25, 0.3) is 5.69 Å². The van der Waals surface area contributed by atoms with Crippen molar-refractivity contribution in [1.82, 2.24) is 20.4 Å². The Morgan fingerprint density at radius 3 is 2.44 bits per heavy atom. The van der Waals surface area contributed by atoms with Gasteiger partial charge in [-0.15, -0.1) is 0 Å². The molecule has 0 aliphatic rings. The van der Waals surface area contributed by atoms with Crippen LogP contribution in [0.15, 0.2) is 48.5 Å². The summed E-state index contributed by atoms with van der Waals surface area (Å²) in [6.07, 6.45) is -4.67. The van der Waals surface area contributed by atoms with Gasteiger partial charge in [0.05, 0.1) is 23.8 Å². The molecule has 0 aliphatic heterocycles. The summed E-state index contributed by atoms with van der Waals surface area (Å²) in [5.74, 6) is -2.18. The van der Waals surface area contributed by atoms with Gasteiger partial charge in [-0.25, -0.2) is 9.07 Å². The van der Waals surface area contributed by atoms with E-state index < -0.39 is 29.5 Å². The number of benzene rings is 2. The normalized spacial score (nSPS) is 12.3. The highest BCUT2D eigenvalue weighted by atomic mass is 35.5. The van der Waals surface area contributed by atoms with E-state index in [0.717, 1.165) is 10.7 Å². The summed E-state index contributed by atoms with van der Waals surface area (Å²) in [5.41, 5.74) is -0.0803. The number of carbonyl (C=O) groups is 2. The van der Waals surface area contributed by atoms with Gasteiger partial charge in [0.25, 0.3) is 0 Å². The molecule has 180 valence electrons. The molecule has 1 atom stereocenters. The monoisotopic (exact) mass is 496 g/mol. The minimum atomic E-state index is -4.67. The van der Waals surface area contributed by atoms with Gasteiger partial charge < -0.3 is 10.6 Å². The maximum Gasteiger partial charge on any atom is 0.435 e. The predicted octanol–water partition coefficient (Wildman–Crippen LogP) is 4.74. The Morgan fingerprint density at radius 2 is 1.82 bits per heavy atom. The molecule has 0 spiro atoms. The molecule has 34 heavy (non-hydrogen) atoms. The van der Waals surface area contributed by atoms with E-state index in [4.69, 9.17) is 11.6 Å². The number of rotatable bonds is 7. The zero-order chi connectivity index (χ0) is 25.0. The number of carbonyl (C=O) groups excluding carboxylic acids is 2. The minimum absolute atomic E-state index is 0.0110. The van der Waals surface area contributed by atoms with Crippen LogP contribution >= 0.6 is 11.6 Å². The lowest BCUT2D eigenvalue weighted by atomic mass is 9.98. The van der Waals surface area contributed by atoms with Crippen LogP contribution in [0.3, 0.4) is 0 Å². The number of nitrogens with zero attached hydrogens (tertiary/aromatic N) is 2. The molecule has 3 aromatic rings. The second-order valence-electron chi connectivity index (χ2n) is 7.61. The Balaban J connectivity index is 1.77. The molecule has 1 heterocycles. The Morgan fingerprint density at radius 1 is 1.09 bits per heavy atom. The summed E-state index contributed by atoms with van der Waals surface area (Å²) in [5, 5.41) is 9.02. The van der Waals surface area contributed by atoms with Gasteiger partial charge in [-0.1, -0.05) is 29.8 Å². The van der Waals surface area contributed by atoms with Crippen molar-refractivity contribution in [2.24, 2.45) is 0 Å². The number of amides is 2.